The third-order valence-corrected chi connectivity index (χ3v) is 2.85. The highest BCUT2D eigenvalue weighted by Gasteiger charge is 2.20. The molecule has 0 aromatic heterocycles. The van der Waals surface area contributed by atoms with E-state index in [1.807, 2.05) is 0 Å². The first-order valence-corrected chi connectivity index (χ1v) is 6.40. The number of para-hydroxylation sites is 1. The van der Waals surface area contributed by atoms with Crippen molar-refractivity contribution < 1.29 is 0 Å². The minimum absolute atomic E-state index is 0.273. The van der Waals surface area contributed by atoms with Crippen LogP contribution in [0.3, 0.4) is 0 Å². The van der Waals surface area contributed by atoms with E-state index in [-0.39, 0.29) is 5.41 Å². The minimum atomic E-state index is 0.273. The largest absolute Gasteiger partial charge is 0.374 e. The van der Waals surface area contributed by atoms with E-state index in [2.05, 4.69) is 75.3 Å². The molecule has 0 aliphatic carbocycles. The fraction of sp³-hybridized carbons (Fsp3) is 0.600. The summed E-state index contributed by atoms with van der Waals surface area (Å²) in [5.74, 6) is 0. The zero-order chi connectivity index (χ0) is 12.9. The molecule has 1 N–H and O–H groups in total. The lowest BCUT2D eigenvalue weighted by Gasteiger charge is -2.32. The molecule has 0 amide bonds. The number of anilines is 1. The summed E-state index contributed by atoms with van der Waals surface area (Å²) in [7, 11) is 2.16. The zero-order valence-electron chi connectivity index (χ0n) is 11.8. The maximum absolute atomic E-state index is 3.52. The van der Waals surface area contributed by atoms with Crippen LogP contribution in [0.1, 0.15) is 27.7 Å². The van der Waals surface area contributed by atoms with Crippen molar-refractivity contribution in [2.24, 2.45) is 5.41 Å². The highest BCUT2D eigenvalue weighted by molar-refractivity contribution is 5.45. The smallest absolute Gasteiger partial charge is 0.0363 e. The Morgan fingerprint density at radius 2 is 1.76 bits per heavy atom. The van der Waals surface area contributed by atoms with Crippen molar-refractivity contribution in [1.29, 1.82) is 0 Å². The van der Waals surface area contributed by atoms with Gasteiger partial charge in [-0.15, -0.1) is 0 Å². The van der Waals surface area contributed by atoms with Gasteiger partial charge < -0.3 is 10.2 Å². The Morgan fingerprint density at radius 3 is 2.29 bits per heavy atom. The lowest BCUT2D eigenvalue weighted by atomic mass is 9.92. The van der Waals surface area contributed by atoms with E-state index in [0.29, 0.717) is 6.04 Å². The van der Waals surface area contributed by atoms with E-state index < -0.39 is 0 Å². The molecule has 96 valence electrons. The summed E-state index contributed by atoms with van der Waals surface area (Å²) >= 11 is 0. The highest BCUT2D eigenvalue weighted by Crippen LogP contribution is 2.20. The lowest BCUT2D eigenvalue weighted by molar-refractivity contribution is 0.333. The van der Waals surface area contributed by atoms with Gasteiger partial charge in [-0.2, -0.15) is 0 Å². The second-order valence-corrected chi connectivity index (χ2v) is 5.89. The van der Waals surface area contributed by atoms with Gasteiger partial charge in [0.1, 0.15) is 0 Å². The van der Waals surface area contributed by atoms with E-state index >= 15 is 0 Å². The van der Waals surface area contributed by atoms with Crippen molar-refractivity contribution >= 4 is 5.69 Å². The van der Waals surface area contributed by atoms with E-state index in [1.54, 1.807) is 0 Å². The predicted molar refractivity (Wildman–Crippen MR) is 76.6 cm³/mol. The Balaban J connectivity index is 2.52. The van der Waals surface area contributed by atoms with Crippen molar-refractivity contribution in [3.63, 3.8) is 0 Å². The SMILES string of the molecule is CC(C)NCC(C)(C)CN(C)c1ccccc1. The van der Waals surface area contributed by atoms with E-state index in [0.717, 1.165) is 13.1 Å². The number of nitrogens with one attached hydrogen (secondary N) is 1. The summed E-state index contributed by atoms with van der Waals surface area (Å²) in [4.78, 5) is 2.32. The molecule has 1 aromatic carbocycles. The van der Waals surface area contributed by atoms with Crippen LogP contribution in [0, 0.1) is 5.41 Å². The van der Waals surface area contributed by atoms with Crippen LogP contribution < -0.4 is 10.2 Å². The first-order chi connectivity index (χ1) is 7.91. The first-order valence-electron chi connectivity index (χ1n) is 6.40. The summed E-state index contributed by atoms with van der Waals surface area (Å²) in [6, 6.07) is 11.1. The van der Waals surface area contributed by atoms with Crippen molar-refractivity contribution in [1.82, 2.24) is 5.32 Å². The molecular formula is C15H26N2. The molecule has 2 nitrogen and oxygen atoms in total. The van der Waals surface area contributed by atoms with E-state index in [9.17, 15) is 0 Å². The van der Waals surface area contributed by atoms with Crippen LogP contribution in [-0.4, -0.2) is 26.2 Å². The average Bonchev–Trinajstić information content (AvgIpc) is 2.27. The Hall–Kier alpha value is -1.02. The molecule has 2 heteroatoms. The number of hydrogen-bond donors (Lipinski definition) is 1. The number of rotatable bonds is 6. The topological polar surface area (TPSA) is 15.3 Å². The fourth-order valence-corrected chi connectivity index (χ4v) is 1.95. The second-order valence-electron chi connectivity index (χ2n) is 5.89. The number of nitrogens with zero attached hydrogens (tertiary/aromatic N) is 1. The van der Waals surface area contributed by atoms with Gasteiger partial charge in [-0.25, -0.2) is 0 Å². The van der Waals surface area contributed by atoms with Gasteiger partial charge in [-0.05, 0) is 17.5 Å². The van der Waals surface area contributed by atoms with Crippen LogP contribution in [0.2, 0.25) is 0 Å². The molecule has 0 bridgehead atoms. The van der Waals surface area contributed by atoms with E-state index in [1.165, 1.54) is 5.69 Å². The Labute approximate surface area is 106 Å². The summed E-state index contributed by atoms with van der Waals surface area (Å²) in [6.45, 7) is 11.1. The van der Waals surface area contributed by atoms with Gasteiger partial charge >= 0.3 is 0 Å². The molecule has 17 heavy (non-hydrogen) atoms. The van der Waals surface area contributed by atoms with Crippen LogP contribution in [0.15, 0.2) is 30.3 Å². The van der Waals surface area contributed by atoms with Crippen LogP contribution in [0.25, 0.3) is 0 Å². The van der Waals surface area contributed by atoms with Crippen molar-refractivity contribution in [2.45, 2.75) is 33.7 Å². The summed E-state index contributed by atoms with van der Waals surface area (Å²) < 4.78 is 0. The molecule has 0 atom stereocenters. The first kappa shape index (κ1) is 14.0. The van der Waals surface area contributed by atoms with E-state index in [4.69, 9.17) is 0 Å². The predicted octanol–water partition coefficient (Wildman–Crippen LogP) is 3.15. The molecule has 0 fully saturated rings. The molecule has 0 heterocycles. The third kappa shape index (κ3) is 5.22. The summed E-state index contributed by atoms with van der Waals surface area (Å²) in [6.07, 6.45) is 0. The van der Waals surface area contributed by atoms with Gasteiger partial charge in [-0.3, -0.25) is 0 Å². The molecule has 0 aliphatic rings. The minimum Gasteiger partial charge on any atom is -0.374 e. The molecule has 1 aromatic rings. The van der Waals surface area contributed by atoms with Gasteiger partial charge in [0.25, 0.3) is 0 Å². The maximum Gasteiger partial charge on any atom is 0.0363 e. The molecule has 0 spiro atoms. The van der Waals surface area contributed by atoms with Gasteiger partial charge in [0, 0.05) is 31.9 Å². The molecule has 0 saturated carbocycles. The third-order valence-electron chi connectivity index (χ3n) is 2.85. The maximum atomic E-state index is 3.52. The second kappa shape index (κ2) is 6.06. The standard InChI is InChI=1S/C15H26N2/c1-13(2)16-11-15(3,4)12-17(5)14-9-7-6-8-10-14/h6-10,13,16H,11-12H2,1-5H3. The number of hydrogen-bond acceptors (Lipinski definition) is 2. The molecule has 0 radical (unpaired) electrons. The van der Waals surface area contributed by atoms with Gasteiger partial charge in [0.2, 0.25) is 0 Å². The van der Waals surface area contributed by atoms with Crippen molar-refractivity contribution in [3.05, 3.63) is 30.3 Å². The molecule has 0 saturated heterocycles. The van der Waals surface area contributed by atoms with Crippen LogP contribution >= 0.6 is 0 Å². The molecular weight excluding hydrogens is 208 g/mol. The summed E-state index contributed by atoms with van der Waals surface area (Å²) in [5, 5.41) is 3.52. The molecule has 0 aliphatic heterocycles. The van der Waals surface area contributed by atoms with Gasteiger partial charge in [0.15, 0.2) is 0 Å². The Morgan fingerprint density at radius 1 is 1.18 bits per heavy atom. The average molecular weight is 234 g/mol. The molecule has 1 rings (SSSR count). The Bertz CT molecular complexity index is 317. The van der Waals surface area contributed by atoms with Crippen molar-refractivity contribution in [2.75, 3.05) is 25.0 Å². The highest BCUT2D eigenvalue weighted by atomic mass is 15.1. The zero-order valence-corrected chi connectivity index (χ0v) is 11.8. The number of benzene rings is 1. The summed E-state index contributed by atoms with van der Waals surface area (Å²) in [5.41, 5.74) is 1.56. The van der Waals surface area contributed by atoms with Crippen LogP contribution in [0.4, 0.5) is 5.69 Å². The van der Waals surface area contributed by atoms with Crippen molar-refractivity contribution in [3.8, 4) is 0 Å². The normalized spacial score (nSPS) is 11.9. The Kier molecular flexibility index (Phi) is 5.01. The van der Waals surface area contributed by atoms with Crippen LogP contribution in [-0.2, 0) is 0 Å². The quantitative estimate of drug-likeness (QED) is 0.813. The van der Waals surface area contributed by atoms with Gasteiger partial charge in [-0.1, -0.05) is 45.9 Å². The lowest BCUT2D eigenvalue weighted by Crippen LogP contribution is -2.41. The fourth-order valence-electron chi connectivity index (χ4n) is 1.95. The van der Waals surface area contributed by atoms with Gasteiger partial charge in [0.05, 0.1) is 0 Å². The van der Waals surface area contributed by atoms with Crippen LogP contribution in [0.5, 0.6) is 0 Å². The molecule has 0 unspecified atom stereocenters. The monoisotopic (exact) mass is 234 g/mol.